The molecule has 5 heterocycles. The molecule has 2 amide bonds. The van der Waals surface area contributed by atoms with Crippen LogP contribution in [0.4, 0.5) is 10.5 Å². The smallest absolute Gasteiger partial charge is 0.410 e. The molecule has 8 rings (SSSR count). The number of carbonyl (C=O) groups excluding carboxylic acids is 2. The van der Waals surface area contributed by atoms with Crippen LogP contribution < -0.4 is 9.64 Å². The molecule has 2 aliphatic heterocycles. The molecule has 6 aromatic rings. The Bertz CT molecular complexity index is 2820. The van der Waals surface area contributed by atoms with Crippen molar-refractivity contribution in [2.24, 2.45) is 7.05 Å². The maximum Gasteiger partial charge on any atom is 0.410 e. The van der Waals surface area contributed by atoms with E-state index in [9.17, 15) is 14.7 Å². The van der Waals surface area contributed by atoms with Crippen LogP contribution >= 0.6 is 23.2 Å². The number of carboxylic acids is 1. The number of likely N-dealkylation sites (tertiary alicyclic amines) is 1. The minimum atomic E-state index is -1.06. The number of aromatic nitrogens is 4. The van der Waals surface area contributed by atoms with Crippen molar-refractivity contribution in [3.05, 3.63) is 97.5 Å². The third-order valence-electron chi connectivity index (χ3n) is 12.8. The van der Waals surface area contributed by atoms with E-state index in [2.05, 4.69) is 16.1 Å². The van der Waals surface area contributed by atoms with Gasteiger partial charge in [0.05, 0.1) is 45.6 Å². The van der Waals surface area contributed by atoms with Gasteiger partial charge in [0, 0.05) is 71.0 Å². The number of hydrogen-bond acceptors (Lipinski definition) is 6. The summed E-state index contributed by atoms with van der Waals surface area (Å²) in [6.07, 6.45) is 2.42. The summed E-state index contributed by atoms with van der Waals surface area (Å²) < 4.78 is 18.2. The number of amides is 2. The first-order valence-electron chi connectivity index (χ1n) is 21.7. The van der Waals surface area contributed by atoms with Gasteiger partial charge in [-0.15, -0.1) is 0 Å². The van der Waals surface area contributed by atoms with E-state index in [0.29, 0.717) is 60.9 Å². The Morgan fingerprint density at radius 2 is 1.67 bits per heavy atom. The average molecular weight is 896 g/mol. The predicted molar refractivity (Wildman–Crippen MR) is 249 cm³/mol. The number of carbonyl (C=O) groups is 3. The minimum Gasteiger partial charge on any atom is -0.494 e. The fraction of sp³-hybridized carbons (Fsp3) is 0.429. The summed E-state index contributed by atoms with van der Waals surface area (Å²) in [5.41, 5.74) is 9.53. The fourth-order valence-corrected chi connectivity index (χ4v) is 10.2. The Labute approximate surface area is 378 Å². The van der Waals surface area contributed by atoms with E-state index in [1.54, 1.807) is 17.0 Å². The molecule has 14 heteroatoms. The van der Waals surface area contributed by atoms with Gasteiger partial charge in [-0.05, 0) is 141 Å². The number of ether oxygens (including phenoxy) is 2. The highest BCUT2D eigenvalue weighted by Crippen LogP contribution is 2.46. The van der Waals surface area contributed by atoms with Gasteiger partial charge >= 0.3 is 12.1 Å². The highest BCUT2D eigenvalue weighted by molar-refractivity contribution is 6.35. The summed E-state index contributed by atoms with van der Waals surface area (Å²) in [5.74, 6) is -0.507. The van der Waals surface area contributed by atoms with Gasteiger partial charge in [-0.25, -0.2) is 9.59 Å². The molecule has 63 heavy (non-hydrogen) atoms. The normalized spacial score (nSPS) is 16.7. The second-order valence-corrected chi connectivity index (χ2v) is 19.1. The molecule has 1 N–H and O–H groups in total. The standard InChI is InChI=1S/C49H56Cl2N6O6/c1-26-21-34(22-27(2)42(26)51)62-20-12-14-35-36-16-17-38(50)41(40-29(4)52-53(10)30(40)5)44(36)57-28(3)24-56(46(58)45(35)57)43-31(6)55(39-18-15-32(47(59)60)23-37(39)43)25-33-13-11-19-54(33)48(61)63-49(7,8)9/h15-18,21-23,28,33H,11-14,19-20,24-25H2,1-10H3,(H,59,60)/t28-,33+/m0/s1. The van der Waals surface area contributed by atoms with Gasteiger partial charge in [0.25, 0.3) is 5.91 Å². The van der Waals surface area contributed by atoms with Crippen LogP contribution in [0, 0.1) is 34.6 Å². The second-order valence-electron chi connectivity index (χ2n) is 18.3. The van der Waals surface area contributed by atoms with Crippen molar-refractivity contribution in [2.45, 2.75) is 112 Å². The zero-order valence-corrected chi connectivity index (χ0v) is 39.3. The largest absolute Gasteiger partial charge is 0.494 e. The van der Waals surface area contributed by atoms with E-state index in [4.69, 9.17) is 37.8 Å². The van der Waals surface area contributed by atoms with E-state index in [1.165, 1.54) is 0 Å². The maximum atomic E-state index is 15.6. The topological polar surface area (TPSA) is 124 Å². The molecule has 0 aliphatic carbocycles. The van der Waals surface area contributed by atoms with E-state index in [1.807, 2.05) is 102 Å². The van der Waals surface area contributed by atoms with Gasteiger partial charge in [-0.3, -0.25) is 9.48 Å². The zero-order chi connectivity index (χ0) is 45.4. The van der Waals surface area contributed by atoms with Crippen LogP contribution in [-0.2, 0) is 24.8 Å². The molecule has 0 radical (unpaired) electrons. The van der Waals surface area contributed by atoms with Crippen molar-refractivity contribution in [3.8, 4) is 16.9 Å². The van der Waals surface area contributed by atoms with Gasteiger partial charge in [0.2, 0.25) is 0 Å². The molecule has 2 atom stereocenters. The first-order valence-corrected chi connectivity index (χ1v) is 22.5. The van der Waals surface area contributed by atoms with Crippen LogP contribution in [0.3, 0.4) is 0 Å². The van der Waals surface area contributed by atoms with Gasteiger partial charge < -0.3 is 33.5 Å². The number of benzene rings is 3. The lowest BCUT2D eigenvalue weighted by molar-refractivity contribution is 0.0214. The van der Waals surface area contributed by atoms with Crippen molar-refractivity contribution in [3.63, 3.8) is 0 Å². The third-order valence-corrected chi connectivity index (χ3v) is 13.7. The van der Waals surface area contributed by atoms with Crippen molar-refractivity contribution >= 4 is 68.7 Å². The summed E-state index contributed by atoms with van der Waals surface area (Å²) in [6, 6.07) is 12.5. The zero-order valence-electron chi connectivity index (χ0n) is 37.8. The van der Waals surface area contributed by atoms with Crippen molar-refractivity contribution < 1.29 is 29.0 Å². The number of aromatic carboxylic acids is 1. The fourth-order valence-electron chi connectivity index (χ4n) is 9.89. The molecular formula is C49H56Cl2N6O6. The quantitative estimate of drug-likeness (QED) is 0.136. The molecule has 0 spiro atoms. The molecule has 3 aromatic carbocycles. The van der Waals surface area contributed by atoms with Crippen LogP contribution in [0.25, 0.3) is 32.9 Å². The Morgan fingerprint density at radius 1 is 0.952 bits per heavy atom. The van der Waals surface area contributed by atoms with Crippen LogP contribution in [0.15, 0.2) is 42.5 Å². The van der Waals surface area contributed by atoms with E-state index in [-0.39, 0.29) is 29.6 Å². The highest BCUT2D eigenvalue weighted by atomic mass is 35.5. The van der Waals surface area contributed by atoms with Crippen LogP contribution in [0.1, 0.15) is 108 Å². The number of hydrogen-bond donors (Lipinski definition) is 1. The van der Waals surface area contributed by atoms with E-state index < -0.39 is 11.6 Å². The number of anilines is 1. The third kappa shape index (κ3) is 7.83. The molecule has 3 aromatic heterocycles. The molecular weight excluding hydrogens is 839 g/mol. The number of aryl methyl sites for hydroxylation is 5. The Morgan fingerprint density at radius 3 is 2.32 bits per heavy atom. The molecule has 1 fully saturated rings. The SMILES string of the molecule is Cc1cc(OCCCc2c3n(c4c(-c5c(C)nn(C)c5C)c(Cl)ccc24)[C@@H](C)CN(c2c(C)n(C[C@H]4CCCN4C(=O)OC(C)(C)C)c4ccc(C(=O)O)cc24)C3=O)cc(C)c1Cl. The Hall–Kier alpha value is -5.46. The molecule has 0 saturated carbocycles. The monoisotopic (exact) mass is 894 g/mol. The Kier molecular flexibility index (Phi) is 11.6. The summed E-state index contributed by atoms with van der Waals surface area (Å²) >= 11 is 13.6. The highest BCUT2D eigenvalue weighted by Gasteiger charge is 2.40. The summed E-state index contributed by atoms with van der Waals surface area (Å²) in [4.78, 5) is 45.2. The Balaban J connectivity index is 1.26. The molecule has 332 valence electrons. The molecule has 0 bridgehead atoms. The van der Waals surface area contributed by atoms with Crippen molar-refractivity contribution in [1.82, 2.24) is 23.8 Å². The summed E-state index contributed by atoms with van der Waals surface area (Å²) in [6.45, 7) is 19.4. The maximum absolute atomic E-state index is 15.6. The second kappa shape index (κ2) is 16.6. The number of rotatable bonds is 10. The lowest BCUT2D eigenvalue weighted by atomic mass is 9.98. The minimum absolute atomic E-state index is 0.122. The van der Waals surface area contributed by atoms with Gasteiger partial charge in [-0.2, -0.15) is 5.10 Å². The number of fused-ring (bicyclic) bond motifs is 4. The predicted octanol–water partition coefficient (Wildman–Crippen LogP) is 11.2. The van der Waals surface area contributed by atoms with Crippen LogP contribution in [-0.4, -0.2) is 78.2 Å². The van der Waals surface area contributed by atoms with Crippen LogP contribution in [0.5, 0.6) is 5.75 Å². The lowest BCUT2D eigenvalue weighted by Gasteiger charge is -2.35. The molecule has 2 aliphatic rings. The number of nitrogens with zero attached hydrogens (tertiary/aromatic N) is 6. The van der Waals surface area contributed by atoms with Crippen molar-refractivity contribution in [2.75, 3.05) is 24.6 Å². The van der Waals surface area contributed by atoms with Gasteiger partial charge in [-0.1, -0.05) is 29.3 Å². The first kappa shape index (κ1) is 44.2. The molecule has 1 saturated heterocycles. The van der Waals surface area contributed by atoms with E-state index in [0.717, 1.165) is 84.9 Å². The number of halogens is 2. The number of carboxylic acid groups (broad SMARTS) is 1. The lowest BCUT2D eigenvalue weighted by Crippen LogP contribution is -2.43. The van der Waals surface area contributed by atoms with Gasteiger partial charge in [0.15, 0.2) is 0 Å². The average Bonchev–Trinajstić information content (AvgIpc) is 3.95. The van der Waals surface area contributed by atoms with Crippen LogP contribution in [0.2, 0.25) is 10.0 Å². The first-order chi connectivity index (χ1) is 29.8. The summed E-state index contributed by atoms with van der Waals surface area (Å²) in [5, 5.41) is 17.8. The van der Waals surface area contributed by atoms with Crippen molar-refractivity contribution in [1.29, 1.82) is 0 Å². The molecule has 0 unspecified atom stereocenters. The van der Waals surface area contributed by atoms with E-state index >= 15 is 4.79 Å². The summed E-state index contributed by atoms with van der Waals surface area (Å²) in [7, 11) is 1.92. The molecule has 12 nitrogen and oxygen atoms in total. The van der Waals surface area contributed by atoms with Gasteiger partial charge in [0.1, 0.15) is 17.0 Å².